The molecule has 0 saturated heterocycles. The number of Topliss-reactive ketones (excluding diaryl/α,β-unsaturated/α-hetero) is 1. The third-order valence-corrected chi connectivity index (χ3v) is 3.80. The molecule has 0 aliphatic carbocycles. The molecule has 0 aliphatic rings. The van der Waals surface area contributed by atoms with E-state index in [0.29, 0.717) is 5.92 Å². The van der Waals surface area contributed by atoms with Gasteiger partial charge in [0.15, 0.2) is 5.78 Å². The number of carbonyl (C=O) groups is 2. The minimum Gasteiger partial charge on any atom is -0.394 e. The van der Waals surface area contributed by atoms with E-state index in [1.54, 1.807) is 12.2 Å². The highest BCUT2D eigenvalue weighted by Gasteiger charge is 2.36. The average Bonchev–Trinajstić information content (AvgIpc) is 2.48. The van der Waals surface area contributed by atoms with Gasteiger partial charge in [0.25, 0.3) is 0 Å². The first kappa shape index (κ1) is 21.3. The second-order valence-corrected chi connectivity index (χ2v) is 5.96. The van der Waals surface area contributed by atoms with Crippen LogP contribution in [0.5, 0.6) is 0 Å². The van der Waals surface area contributed by atoms with Gasteiger partial charge in [0.2, 0.25) is 5.91 Å². The van der Waals surface area contributed by atoms with Gasteiger partial charge in [-0.1, -0.05) is 50.1 Å². The van der Waals surface area contributed by atoms with E-state index in [0.717, 1.165) is 12.0 Å². The first-order chi connectivity index (χ1) is 10.6. The number of amides is 1. The summed E-state index contributed by atoms with van der Waals surface area (Å²) in [4.78, 5) is 23.1. The van der Waals surface area contributed by atoms with Crippen LogP contribution in [0.15, 0.2) is 36.0 Å². The average molecular weight is 323 g/mol. The molecule has 1 amide bonds. The van der Waals surface area contributed by atoms with Crippen molar-refractivity contribution >= 4 is 11.7 Å². The molecule has 0 spiro atoms. The Morgan fingerprint density at radius 1 is 1.22 bits per heavy atom. The van der Waals surface area contributed by atoms with Gasteiger partial charge < -0.3 is 15.5 Å². The van der Waals surface area contributed by atoms with Gasteiger partial charge in [-0.05, 0) is 26.7 Å². The molecule has 5 heteroatoms. The lowest BCUT2D eigenvalue weighted by Gasteiger charge is -2.29. The molecule has 0 bridgehead atoms. The highest BCUT2D eigenvalue weighted by Crippen LogP contribution is 2.11. The third kappa shape index (κ3) is 7.90. The lowest BCUT2D eigenvalue weighted by Crippen LogP contribution is -2.56. The molecular weight excluding hydrogens is 294 g/mol. The van der Waals surface area contributed by atoms with Gasteiger partial charge in [-0.2, -0.15) is 0 Å². The molecule has 0 aromatic heterocycles. The van der Waals surface area contributed by atoms with E-state index in [-0.39, 0.29) is 0 Å². The van der Waals surface area contributed by atoms with Gasteiger partial charge in [0, 0.05) is 6.08 Å². The molecule has 0 radical (unpaired) electrons. The number of hydrogen-bond acceptors (Lipinski definition) is 4. The van der Waals surface area contributed by atoms with Crippen molar-refractivity contribution in [3.8, 4) is 0 Å². The van der Waals surface area contributed by atoms with Crippen LogP contribution in [-0.4, -0.2) is 40.2 Å². The van der Waals surface area contributed by atoms with Crippen LogP contribution in [0.2, 0.25) is 0 Å². The van der Waals surface area contributed by atoms with E-state index in [1.807, 2.05) is 13.0 Å². The van der Waals surface area contributed by atoms with Crippen molar-refractivity contribution in [2.75, 3.05) is 6.61 Å². The van der Waals surface area contributed by atoms with E-state index in [9.17, 15) is 19.8 Å². The smallest absolute Gasteiger partial charge is 0.244 e. The number of aliphatic hydroxyl groups excluding tert-OH is 1. The van der Waals surface area contributed by atoms with Crippen LogP contribution in [0.1, 0.15) is 41.0 Å². The van der Waals surface area contributed by atoms with Crippen LogP contribution >= 0.6 is 0 Å². The second-order valence-electron chi connectivity index (χ2n) is 5.96. The Bertz CT molecular complexity index is 489. The fourth-order valence-electron chi connectivity index (χ4n) is 1.80. The Morgan fingerprint density at radius 3 is 2.26 bits per heavy atom. The first-order valence-corrected chi connectivity index (χ1v) is 7.83. The number of hydrogen-bond donors (Lipinski definition) is 3. The standard InChI is InChI=1S/C18H29NO4/c1-6-13(2)11-14(3)9-7-8-10-17(22)19-16(12-20)18(5,23)15(4)21/h7-11,13,16,20,23H,6,12H2,1-5H3,(H,19,22). The maximum atomic E-state index is 11.8. The molecule has 0 heterocycles. The predicted molar refractivity (Wildman–Crippen MR) is 91.8 cm³/mol. The van der Waals surface area contributed by atoms with E-state index >= 15 is 0 Å². The Morgan fingerprint density at radius 2 is 1.78 bits per heavy atom. The summed E-state index contributed by atoms with van der Waals surface area (Å²) in [5, 5.41) is 21.6. The number of rotatable bonds is 9. The van der Waals surface area contributed by atoms with Crippen molar-refractivity contribution in [1.29, 1.82) is 0 Å². The molecule has 130 valence electrons. The maximum absolute atomic E-state index is 11.8. The molecule has 0 saturated carbocycles. The van der Waals surface area contributed by atoms with Gasteiger partial charge >= 0.3 is 0 Å². The minimum atomic E-state index is -1.80. The van der Waals surface area contributed by atoms with Crippen molar-refractivity contribution in [2.45, 2.75) is 52.7 Å². The second kappa shape index (κ2) is 10.1. The Hall–Kier alpha value is -1.72. The molecule has 3 atom stereocenters. The van der Waals surface area contributed by atoms with Crippen LogP contribution in [0, 0.1) is 5.92 Å². The van der Waals surface area contributed by atoms with E-state index < -0.39 is 29.9 Å². The summed E-state index contributed by atoms with van der Waals surface area (Å²) in [7, 11) is 0. The zero-order valence-electron chi connectivity index (χ0n) is 14.7. The summed E-state index contributed by atoms with van der Waals surface area (Å²) in [6, 6.07) is -1.05. The lowest BCUT2D eigenvalue weighted by molar-refractivity contribution is -0.139. The molecule has 23 heavy (non-hydrogen) atoms. The monoisotopic (exact) mass is 323 g/mol. The molecule has 0 aromatic carbocycles. The Labute approximate surface area is 138 Å². The van der Waals surface area contributed by atoms with Crippen LogP contribution in [0.25, 0.3) is 0 Å². The largest absolute Gasteiger partial charge is 0.394 e. The highest BCUT2D eigenvalue weighted by atomic mass is 16.3. The van der Waals surface area contributed by atoms with Crippen LogP contribution in [-0.2, 0) is 9.59 Å². The van der Waals surface area contributed by atoms with E-state index in [1.165, 1.54) is 19.9 Å². The number of allylic oxidation sites excluding steroid dienone is 5. The van der Waals surface area contributed by atoms with Crippen molar-refractivity contribution in [2.24, 2.45) is 5.92 Å². The molecule has 0 aromatic rings. The van der Waals surface area contributed by atoms with Crippen LogP contribution in [0.3, 0.4) is 0 Å². The number of ketones is 1. The van der Waals surface area contributed by atoms with Gasteiger partial charge in [0.05, 0.1) is 12.6 Å². The molecule has 5 nitrogen and oxygen atoms in total. The zero-order chi connectivity index (χ0) is 18.0. The van der Waals surface area contributed by atoms with Crippen molar-refractivity contribution in [3.63, 3.8) is 0 Å². The molecule has 0 fully saturated rings. The summed E-state index contributed by atoms with van der Waals surface area (Å²) >= 11 is 0. The fraction of sp³-hybridized carbons (Fsp3) is 0.556. The third-order valence-electron chi connectivity index (χ3n) is 3.80. The fourth-order valence-corrected chi connectivity index (χ4v) is 1.80. The number of nitrogens with one attached hydrogen (secondary N) is 1. The molecule has 3 unspecified atom stereocenters. The van der Waals surface area contributed by atoms with Gasteiger partial charge in [-0.3, -0.25) is 9.59 Å². The SMILES string of the molecule is CCC(C)C=C(C)C=CC=CC(=O)NC(CO)C(C)(O)C(C)=O. The van der Waals surface area contributed by atoms with Crippen molar-refractivity contribution in [1.82, 2.24) is 5.32 Å². The summed E-state index contributed by atoms with van der Waals surface area (Å²) in [6.07, 6.45) is 9.71. The Kier molecular flexibility index (Phi) is 9.37. The quantitative estimate of drug-likeness (QED) is 0.447. The molecule has 0 aliphatic heterocycles. The van der Waals surface area contributed by atoms with Gasteiger partial charge in [0.1, 0.15) is 5.60 Å². The lowest BCUT2D eigenvalue weighted by atomic mass is 9.93. The van der Waals surface area contributed by atoms with Crippen molar-refractivity contribution in [3.05, 3.63) is 36.0 Å². The maximum Gasteiger partial charge on any atom is 0.244 e. The predicted octanol–water partition coefficient (Wildman–Crippen LogP) is 1.91. The van der Waals surface area contributed by atoms with Crippen LogP contribution < -0.4 is 5.32 Å². The molecule has 3 N–H and O–H groups in total. The van der Waals surface area contributed by atoms with Crippen molar-refractivity contribution < 1.29 is 19.8 Å². The van der Waals surface area contributed by atoms with Gasteiger partial charge in [-0.15, -0.1) is 0 Å². The highest BCUT2D eigenvalue weighted by molar-refractivity contribution is 5.90. The minimum absolute atomic E-state index is 0.487. The molecule has 0 rings (SSSR count). The first-order valence-electron chi connectivity index (χ1n) is 7.83. The van der Waals surface area contributed by atoms with Gasteiger partial charge in [-0.25, -0.2) is 0 Å². The summed E-state index contributed by atoms with van der Waals surface area (Å²) in [6.45, 7) is 8.19. The summed E-state index contributed by atoms with van der Waals surface area (Å²) in [5.74, 6) is -0.503. The van der Waals surface area contributed by atoms with E-state index in [2.05, 4.69) is 25.2 Å². The summed E-state index contributed by atoms with van der Waals surface area (Å²) in [5.41, 5.74) is -0.693. The number of carbonyl (C=O) groups excluding carboxylic acids is 2. The number of aliphatic hydroxyl groups is 2. The Balaban J connectivity index is 4.65. The van der Waals surface area contributed by atoms with E-state index in [4.69, 9.17) is 0 Å². The topological polar surface area (TPSA) is 86.6 Å². The van der Waals surface area contributed by atoms with Crippen LogP contribution in [0.4, 0.5) is 0 Å². The summed E-state index contributed by atoms with van der Waals surface area (Å²) < 4.78 is 0. The molecular formula is C18H29NO4. The zero-order valence-corrected chi connectivity index (χ0v) is 14.7. The normalized spacial score (nSPS) is 18.0.